The third kappa shape index (κ3) is 4.81. The van der Waals surface area contributed by atoms with Gasteiger partial charge >= 0.3 is 0 Å². The van der Waals surface area contributed by atoms with Gasteiger partial charge in [-0.25, -0.2) is 9.67 Å². The Kier molecular flexibility index (Phi) is 5.79. The van der Waals surface area contributed by atoms with Gasteiger partial charge in [-0.3, -0.25) is 4.79 Å². The molecule has 10 heteroatoms. The number of carbonyl (C=O) groups excluding carboxylic acids is 1. The summed E-state index contributed by atoms with van der Waals surface area (Å²) in [4.78, 5) is 17.0. The van der Waals surface area contributed by atoms with Crippen LogP contribution in [0, 0.1) is 6.92 Å². The number of ether oxygens (including phenoxy) is 1. The van der Waals surface area contributed by atoms with Crippen molar-refractivity contribution in [2.45, 2.75) is 13.5 Å². The van der Waals surface area contributed by atoms with E-state index in [0.29, 0.717) is 23.8 Å². The first kappa shape index (κ1) is 20.0. The van der Waals surface area contributed by atoms with Gasteiger partial charge in [0.25, 0.3) is 5.91 Å². The highest BCUT2D eigenvalue weighted by atomic mass is 16.5. The Balaban J connectivity index is 1.57. The van der Waals surface area contributed by atoms with Crippen molar-refractivity contribution >= 4 is 23.4 Å². The minimum Gasteiger partial charge on any atom is -0.497 e. The van der Waals surface area contributed by atoms with E-state index >= 15 is 0 Å². The summed E-state index contributed by atoms with van der Waals surface area (Å²) in [5.74, 6) is 0.833. The van der Waals surface area contributed by atoms with Crippen LogP contribution in [0.2, 0.25) is 0 Å². The van der Waals surface area contributed by atoms with Crippen LogP contribution in [0.15, 0.2) is 61.2 Å². The molecule has 0 bridgehead atoms. The first-order chi connectivity index (χ1) is 15.1. The Hall–Kier alpha value is -4.34. The smallest absolute Gasteiger partial charge is 0.274 e. The van der Waals surface area contributed by atoms with E-state index in [2.05, 4.69) is 30.9 Å². The second-order valence-corrected chi connectivity index (χ2v) is 6.69. The number of methoxy groups -OCH3 is 1. The molecule has 0 aliphatic carbocycles. The molecular weight excluding hydrogens is 396 g/mol. The summed E-state index contributed by atoms with van der Waals surface area (Å²) in [6.45, 7) is 2.32. The Labute approximate surface area is 178 Å². The summed E-state index contributed by atoms with van der Waals surface area (Å²) in [5.41, 5.74) is 2.74. The minimum absolute atomic E-state index is 0.280. The van der Waals surface area contributed by atoms with E-state index in [0.717, 1.165) is 11.1 Å². The number of amides is 1. The Bertz CT molecular complexity index is 1200. The van der Waals surface area contributed by atoms with Crippen LogP contribution in [0.1, 0.15) is 17.0 Å². The summed E-state index contributed by atoms with van der Waals surface area (Å²) in [6, 6.07) is 14.9. The predicted octanol–water partition coefficient (Wildman–Crippen LogP) is 2.27. The molecule has 0 radical (unpaired) electrons. The zero-order valence-corrected chi connectivity index (χ0v) is 17.0. The highest BCUT2D eigenvalue weighted by Crippen LogP contribution is 2.19. The van der Waals surface area contributed by atoms with Gasteiger partial charge in [-0.05, 0) is 58.8 Å². The van der Waals surface area contributed by atoms with Gasteiger partial charge in [0.2, 0.25) is 0 Å². The van der Waals surface area contributed by atoms with Gasteiger partial charge < -0.3 is 10.1 Å². The largest absolute Gasteiger partial charge is 0.497 e. The normalized spacial score (nSPS) is 11.4. The number of hydrogen-bond acceptors (Lipinski definition) is 7. The Morgan fingerprint density at radius 1 is 1.19 bits per heavy atom. The first-order valence-corrected chi connectivity index (χ1v) is 9.46. The highest BCUT2D eigenvalue weighted by Gasteiger charge is 2.16. The van der Waals surface area contributed by atoms with Crippen molar-refractivity contribution in [2.24, 2.45) is 0 Å². The van der Waals surface area contributed by atoms with Crippen molar-refractivity contribution in [1.82, 2.24) is 35.0 Å². The lowest BCUT2D eigenvalue weighted by atomic mass is 10.1. The fourth-order valence-electron chi connectivity index (χ4n) is 2.96. The zero-order chi connectivity index (χ0) is 21.6. The average Bonchev–Trinajstić information content (AvgIpc) is 3.45. The van der Waals surface area contributed by atoms with Crippen LogP contribution in [-0.2, 0) is 11.3 Å². The zero-order valence-electron chi connectivity index (χ0n) is 17.0. The Morgan fingerprint density at radius 2 is 2.03 bits per heavy atom. The molecular formula is C21H20N8O2. The Morgan fingerprint density at radius 3 is 2.71 bits per heavy atom. The quantitative estimate of drug-likeness (QED) is 0.460. The fourth-order valence-corrected chi connectivity index (χ4v) is 2.96. The molecule has 10 nitrogen and oxygen atoms in total. The molecule has 0 unspecified atom stereocenters. The molecule has 4 rings (SSSR count). The van der Waals surface area contributed by atoms with Gasteiger partial charge in [0.15, 0.2) is 5.82 Å². The van der Waals surface area contributed by atoms with Crippen LogP contribution < -0.4 is 10.1 Å². The number of nitrogens with zero attached hydrogens (tertiary/aromatic N) is 7. The van der Waals surface area contributed by atoms with Gasteiger partial charge in [-0.2, -0.15) is 9.78 Å². The molecule has 0 saturated heterocycles. The van der Waals surface area contributed by atoms with Crippen LogP contribution in [0.4, 0.5) is 5.69 Å². The van der Waals surface area contributed by atoms with Gasteiger partial charge in [0, 0.05) is 5.69 Å². The minimum atomic E-state index is -0.345. The van der Waals surface area contributed by atoms with Crippen LogP contribution >= 0.6 is 0 Å². The van der Waals surface area contributed by atoms with Crippen LogP contribution in [0.3, 0.4) is 0 Å². The molecule has 2 aromatic carbocycles. The lowest BCUT2D eigenvalue weighted by Crippen LogP contribution is -2.19. The molecule has 1 N–H and O–H groups in total. The first-order valence-electron chi connectivity index (χ1n) is 9.46. The molecule has 0 spiro atoms. The van der Waals surface area contributed by atoms with E-state index in [-0.39, 0.29) is 11.6 Å². The van der Waals surface area contributed by atoms with E-state index in [1.54, 1.807) is 31.1 Å². The number of tetrazole rings is 1. The molecule has 0 atom stereocenters. The maximum Gasteiger partial charge on any atom is 0.274 e. The van der Waals surface area contributed by atoms with Crippen molar-refractivity contribution in [1.29, 1.82) is 0 Å². The second-order valence-electron chi connectivity index (χ2n) is 6.69. The molecule has 0 saturated carbocycles. The summed E-state index contributed by atoms with van der Waals surface area (Å²) < 4.78 is 8.39. The standard InChI is InChI=1S/C21H20N8O2/c1-15-25-26-27-29(15)20(11-17-4-3-5-19(10-17)31-2)21(30)24-18-8-6-16(7-9-18)12-28-14-22-13-23-28/h3-11,13-14H,12H2,1-2H3,(H,24,30)/b20-11-. The highest BCUT2D eigenvalue weighted by molar-refractivity contribution is 6.24. The second kappa shape index (κ2) is 8.99. The molecule has 156 valence electrons. The maximum atomic E-state index is 13.1. The van der Waals surface area contributed by atoms with Crippen LogP contribution in [-0.4, -0.2) is 48.0 Å². The van der Waals surface area contributed by atoms with E-state index < -0.39 is 0 Å². The third-order valence-electron chi connectivity index (χ3n) is 4.51. The summed E-state index contributed by atoms with van der Waals surface area (Å²) in [7, 11) is 1.59. The number of rotatable bonds is 7. The molecule has 0 aliphatic rings. The van der Waals surface area contributed by atoms with Crippen molar-refractivity contribution < 1.29 is 9.53 Å². The predicted molar refractivity (Wildman–Crippen MR) is 114 cm³/mol. The summed E-state index contributed by atoms with van der Waals surface area (Å²) in [5, 5.41) is 18.5. The molecule has 31 heavy (non-hydrogen) atoms. The number of carbonyl (C=O) groups is 1. The van der Waals surface area contributed by atoms with Crippen LogP contribution in [0.5, 0.6) is 5.75 Å². The summed E-state index contributed by atoms with van der Waals surface area (Å²) >= 11 is 0. The number of aryl methyl sites for hydroxylation is 1. The topological polar surface area (TPSA) is 113 Å². The van der Waals surface area contributed by atoms with E-state index in [9.17, 15) is 4.79 Å². The molecule has 4 aromatic rings. The van der Waals surface area contributed by atoms with Crippen molar-refractivity contribution in [3.8, 4) is 5.75 Å². The number of aromatic nitrogens is 7. The van der Waals surface area contributed by atoms with E-state index in [4.69, 9.17) is 4.74 Å². The van der Waals surface area contributed by atoms with E-state index in [1.807, 2.05) is 48.5 Å². The van der Waals surface area contributed by atoms with Gasteiger partial charge in [0.1, 0.15) is 24.1 Å². The lowest BCUT2D eigenvalue weighted by molar-refractivity contribution is -0.111. The molecule has 0 fully saturated rings. The average molecular weight is 416 g/mol. The molecule has 0 aliphatic heterocycles. The number of nitrogens with one attached hydrogen (secondary N) is 1. The monoisotopic (exact) mass is 416 g/mol. The fraction of sp³-hybridized carbons (Fsp3) is 0.143. The SMILES string of the molecule is COc1cccc(/C=C(/C(=O)Nc2ccc(Cn3cncn3)cc2)n2nnnc2C)c1. The third-order valence-corrected chi connectivity index (χ3v) is 4.51. The van der Waals surface area contributed by atoms with E-state index in [1.165, 1.54) is 11.0 Å². The number of hydrogen-bond donors (Lipinski definition) is 1. The maximum absolute atomic E-state index is 13.1. The van der Waals surface area contributed by atoms with Gasteiger partial charge in [0.05, 0.1) is 13.7 Å². The van der Waals surface area contributed by atoms with Crippen LogP contribution in [0.25, 0.3) is 11.8 Å². The van der Waals surface area contributed by atoms with Gasteiger partial charge in [-0.1, -0.05) is 24.3 Å². The van der Waals surface area contributed by atoms with Crippen molar-refractivity contribution in [3.63, 3.8) is 0 Å². The number of benzene rings is 2. The summed E-state index contributed by atoms with van der Waals surface area (Å²) in [6.07, 6.45) is 4.85. The lowest BCUT2D eigenvalue weighted by Gasteiger charge is -2.11. The molecule has 2 aromatic heterocycles. The molecule has 1 amide bonds. The number of anilines is 1. The molecule has 2 heterocycles. The van der Waals surface area contributed by atoms with Gasteiger partial charge in [-0.15, -0.1) is 5.10 Å². The van der Waals surface area contributed by atoms with Crippen molar-refractivity contribution in [3.05, 3.63) is 78.1 Å². The van der Waals surface area contributed by atoms with Crippen molar-refractivity contribution in [2.75, 3.05) is 12.4 Å².